The highest BCUT2D eigenvalue weighted by Gasteiger charge is 2.23. The predicted octanol–water partition coefficient (Wildman–Crippen LogP) is 3.23. The second kappa shape index (κ2) is 10.5. The molecular formula is C26H32N4O3. The van der Waals surface area contributed by atoms with Crippen molar-refractivity contribution in [3.8, 4) is 5.75 Å². The number of amides is 2. The number of nitrogens with zero attached hydrogens (tertiary/aromatic N) is 3. The van der Waals surface area contributed by atoms with Gasteiger partial charge in [0.25, 0.3) is 0 Å². The minimum absolute atomic E-state index is 0.0315. The number of hydrogen-bond acceptors (Lipinski definition) is 5. The number of nitrogens with one attached hydrogen (secondary N) is 1. The van der Waals surface area contributed by atoms with Crippen LogP contribution < -0.4 is 15.1 Å². The molecule has 0 spiro atoms. The molecule has 7 nitrogen and oxygen atoms in total. The molecule has 1 atom stereocenters. The molecule has 1 N–H and O–H groups in total. The maximum Gasteiger partial charge on any atom is 0.240 e. The third kappa shape index (κ3) is 5.72. The highest BCUT2D eigenvalue weighted by atomic mass is 16.5. The summed E-state index contributed by atoms with van der Waals surface area (Å²) in [5.41, 5.74) is 6.92. The van der Waals surface area contributed by atoms with Gasteiger partial charge in [0.1, 0.15) is 5.75 Å². The molecule has 0 aliphatic carbocycles. The lowest BCUT2D eigenvalue weighted by atomic mass is 9.94. The van der Waals surface area contributed by atoms with Gasteiger partial charge in [0.2, 0.25) is 11.8 Å². The largest absolute Gasteiger partial charge is 0.497 e. The molecule has 4 rings (SSSR count). The Kier molecular flexibility index (Phi) is 7.27. The van der Waals surface area contributed by atoms with Crippen LogP contribution in [0.5, 0.6) is 5.75 Å². The van der Waals surface area contributed by atoms with Crippen molar-refractivity contribution in [1.82, 2.24) is 10.3 Å². The van der Waals surface area contributed by atoms with Gasteiger partial charge >= 0.3 is 0 Å². The molecule has 0 unspecified atom stereocenters. The number of carbonyl (C=O) groups excluding carboxylic acids is 2. The number of piperazine rings is 1. The Labute approximate surface area is 195 Å². The molecule has 7 heteroatoms. The van der Waals surface area contributed by atoms with Gasteiger partial charge in [-0.15, -0.1) is 0 Å². The average Bonchev–Trinajstić information content (AvgIpc) is 2.85. The Hall–Kier alpha value is -3.35. The van der Waals surface area contributed by atoms with Crippen molar-refractivity contribution < 1.29 is 14.3 Å². The zero-order chi connectivity index (χ0) is 23.2. The number of rotatable bonds is 7. The van der Waals surface area contributed by atoms with Crippen molar-refractivity contribution in [1.29, 1.82) is 0 Å². The second-order valence-electron chi connectivity index (χ2n) is 8.75. The smallest absolute Gasteiger partial charge is 0.240 e. The van der Waals surface area contributed by atoms with Gasteiger partial charge < -0.3 is 14.5 Å². The van der Waals surface area contributed by atoms with Gasteiger partial charge in [-0.2, -0.15) is 5.10 Å². The number of methoxy groups -OCH3 is 1. The summed E-state index contributed by atoms with van der Waals surface area (Å²) in [5, 5.41) is 4.24. The van der Waals surface area contributed by atoms with Crippen LogP contribution in [0.15, 0.2) is 53.6 Å². The van der Waals surface area contributed by atoms with Gasteiger partial charge in [-0.25, -0.2) is 5.43 Å². The SMILES string of the molecule is COc1ccc(CCCC(=O)N2CCN(c3ccc(C4=NNC(=O)C[C@@H]4C)cc3)CC2)cc1. The first-order valence-electron chi connectivity index (χ1n) is 11.7. The topological polar surface area (TPSA) is 74.2 Å². The van der Waals surface area contributed by atoms with Crippen molar-refractivity contribution in [2.24, 2.45) is 11.0 Å². The van der Waals surface area contributed by atoms with E-state index in [0.29, 0.717) is 12.8 Å². The number of carbonyl (C=O) groups is 2. The predicted molar refractivity (Wildman–Crippen MR) is 130 cm³/mol. The molecule has 2 heterocycles. The summed E-state index contributed by atoms with van der Waals surface area (Å²) in [7, 11) is 1.66. The zero-order valence-corrected chi connectivity index (χ0v) is 19.4. The van der Waals surface area contributed by atoms with E-state index in [4.69, 9.17) is 4.74 Å². The van der Waals surface area contributed by atoms with E-state index < -0.39 is 0 Å². The van der Waals surface area contributed by atoms with Crippen LogP contribution in [0.25, 0.3) is 0 Å². The fourth-order valence-electron chi connectivity index (χ4n) is 4.45. The Morgan fingerprint density at radius 1 is 1.06 bits per heavy atom. The van der Waals surface area contributed by atoms with E-state index in [1.807, 2.05) is 24.0 Å². The van der Waals surface area contributed by atoms with Crippen molar-refractivity contribution in [3.63, 3.8) is 0 Å². The molecule has 0 aromatic heterocycles. The molecule has 1 saturated heterocycles. The second-order valence-corrected chi connectivity index (χ2v) is 8.75. The number of hydrazone groups is 1. The summed E-state index contributed by atoms with van der Waals surface area (Å²) in [6.07, 6.45) is 2.81. The average molecular weight is 449 g/mol. The normalized spacial score (nSPS) is 18.5. The summed E-state index contributed by atoms with van der Waals surface area (Å²) in [6, 6.07) is 16.4. The van der Waals surface area contributed by atoms with Crippen molar-refractivity contribution in [2.75, 3.05) is 38.2 Å². The molecule has 33 heavy (non-hydrogen) atoms. The standard InChI is InChI=1S/C26H32N4O3/c1-19-18-24(31)27-28-26(19)21-8-10-22(11-9-21)29-14-16-30(17-15-29)25(32)5-3-4-20-6-12-23(33-2)13-7-20/h6-13,19H,3-5,14-18H2,1-2H3,(H,27,31)/t19-/m0/s1. The molecule has 2 amide bonds. The van der Waals surface area contributed by atoms with Crippen LogP contribution in [0.2, 0.25) is 0 Å². The van der Waals surface area contributed by atoms with Gasteiger partial charge in [-0.05, 0) is 48.2 Å². The first-order valence-corrected chi connectivity index (χ1v) is 11.7. The monoisotopic (exact) mass is 448 g/mol. The highest BCUT2D eigenvalue weighted by molar-refractivity contribution is 6.05. The molecule has 2 aromatic carbocycles. The van der Waals surface area contributed by atoms with Crippen molar-refractivity contribution >= 4 is 23.2 Å². The van der Waals surface area contributed by atoms with Crippen LogP contribution in [-0.4, -0.2) is 55.7 Å². The minimum atomic E-state index is -0.0315. The van der Waals surface area contributed by atoms with E-state index in [1.54, 1.807) is 7.11 Å². The summed E-state index contributed by atoms with van der Waals surface area (Å²) in [5.74, 6) is 1.18. The van der Waals surface area contributed by atoms with Gasteiger partial charge in [-0.1, -0.05) is 31.2 Å². The Morgan fingerprint density at radius 3 is 2.39 bits per heavy atom. The maximum atomic E-state index is 12.6. The van der Waals surface area contributed by atoms with Crippen LogP contribution in [0.1, 0.15) is 37.3 Å². The molecule has 2 aromatic rings. The lowest BCUT2D eigenvalue weighted by Gasteiger charge is -2.36. The maximum absolute atomic E-state index is 12.6. The van der Waals surface area contributed by atoms with Gasteiger partial charge in [0, 0.05) is 50.6 Å². The van der Waals surface area contributed by atoms with Crippen LogP contribution in [-0.2, 0) is 16.0 Å². The Morgan fingerprint density at radius 2 is 1.76 bits per heavy atom. The Balaban J connectivity index is 1.23. The van der Waals surface area contributed by atoms with E-state index in [9.17, 15) is 9.59 Å². The molecular weight excluding hydrogens is 416 g/mol. The van der Waals surface area contributed by atoms with Crippen LogP contribution in [0.3, 0.4) is 0 Å². The third-order valence-electron chi connectivity index (χ3n) is 6.44. The van der Waals surface area contributed by atoms with E-state index >= 15 is 0 Å². The summed E-state index contributed by atoms with van der Waals surface area (Å²) >= 11 is 0. The van der Waals surface area contributed by atoms with E-state index in [0.717, 1.165) is 61.7 Å². The fourth-order valence-corrected chi connectivity index (χ4v) is 4.45. The summed E-state index contributed by atoms with van der Waals surface area (Å²) in [6.45, 7) is 5.18. The van der Waals surface area contributed by atoms with Gasteiger partial charge in [-0.3, -0.25) is 9.59 Å². The molecule has 2 aliphatic heterocycles. The molecule has 0 radical (unpaired) electrons. The first-order chi connectivity index (χ1) is 16.0. The van der Waals surface area contributed by atoms with E-state index in [-0.39, 0.29) is 17.7 Å². The molecule has 2 aliphatic rings. The molecule has 0 bridgehead atoms. The zero-order valence-electron chi connectivity index (χ0n) is 19.4. The highest BCUT2D eigenvalue weighted by Crippen LogP contribution is 2.22. The van der Waals surface area contributed by atoms with Crippen LogP contribution >= 0.6 is 0 Å². The first kappa shape index (κ1) is 22.8. The lowest BCUT2D eigenvalue weighted by molar-refractivity contribution is -0.131. The summed E-state index contributed by atoms with van der Waals surface area (Å²) < 4.78 is 5.19. The van der Waals surface area contributed by atoms with Crippen molar-refractivity contribution in [2.45, 2.75) is 32.6 Å². The van der Waals surface area contributed by atoms with Gasteiger partial charge in [0.05, 0.1) is 12.8 Å². The van der Waals surface area contributed by atoms with Crippen LogP contribution in [0.4, 0.5) is 5.69 Å². The van der Waals surface area contributed by atoms with E-state index in [2.05, 4.69) is 51.8 Å². The lowest BCUT2D eigenvalue weighted by Crippen LogP contribution is -2.48. The van der Waals surface area contributed by atoms with Gasteiger partial charge in [0.15, 0.2) is 0 Å². The number of ether oxygens (including phenoxy) is 1. The van der Waals surface area contributed by atoms with E-state index in [1.165, 1.54) is 5.56 Å². The van der Waals surface area contributed by atoms with Crippen molar-refractivity contribution in [3.05, 3.63) is 59.7 Å². The molecule has 174 valence electrons. The number of hydrogen-bond donors (Lipinski definition) is 1. The summed E-state index contributed by atoms with van der Waals surface area (Å²) in [4.78, 5) is 28.4. The quantitative estimate of drug-likeness (QED) is 0.706. The Bertz CT molecular complexity index is 993. The van der Waals surface area contributed by atoms with Crippen LogP contribution in [0, 0.1) is 5.92 Å². The molecule has 0 saturated carbocycles. The third-order valence-corrected chi connectivity index (χ3v) is 6.44. The minimum Gasteiger partial charge on any atom is -0.497 e. The fraction of sp³-hybridized carbons (Fsp3) is 0.423. The number of benzene rings is 2. The number of aryl methyl sites for hydroxylation is 1. The molecule has 1 fully saturated rings. The number of anilines is 1.